The average Bonchev–Trinajstić information content (AvgIpc) is 2.83. The zero-order valence-electron chi connectivity index (χ0n) is 13.8. The lowest BCUT2D eigenvalue weighted by Crippen LogP contribution is -2.14. The number of nitrogens with zero attached hydrogens (tertiary/aromatic N) is 2. The van der Waals surface area contributed by atoms with Gasteiger partial charge in [0.05, 0.1) is 23.0 Å². The van der Waals surface area contributed by atoms with Gasteiger partial charge in [-0.3, -0.25) is 4.99 Å². The number of hydrogen-bond donors (Lipinski definition) is 1. The lowest BCUT2D eigenvalue weighted by Gasteiger charge is -2.11. The van der Waals surface area contributed by atoms with Gasteiger partial charge in [0, 0.05) is 21.8 Å². The number of nitrogens with one attached hydrogen (secondary N) is 1. The van der Waals surface area contributed by atoms with Gasteiger partial charge in [0.2, 0.25) is 0 Å². The summed E-state index contributed by atoms with van der Waals surface area (Å²) in [4.78, 5) is 9.47. The van der Waals surface area contributed by atoms with Crippen LogP contribution in [-0.4, -0.2) is 18.1 Å². The molecule has 5 heteroatoms. The number of benzodiazepines with no additional fused rings is 1. The molecule has 3 aromatic carbocycles. The van der Waals surface area contributed by atoms with Crippen LogP contribution in [0.2, 0.25) is 10.0 Å². The van der Waals surface area contributed by atoms with Crippen molar-refractivity contribution in [2.24, 2.45) is 9.98 Å². The monoisotopic (exact) mass is 379 g/mol. The molecular weight excluding hydrogens is 365 g/mol. The molecule has 0 bridgehead atoms. The Morgan fingerprint density at radius 3 is 2.46 bits per heavy atom. The molecule has 1 aliphatic rings. The molecule has 1 N–H and O–H groups in total. The first-order valence-electron chi connectivity index (χ1n) is 8.19. The first-order chi connectivity index (χ1) is 12.7. The molecular formula is C21H15Cl2N3. The average molecular weight is 380 g/mol. The Balaban J connectivity index is 1.82. The van der Waals surface area contributed by atoms with Gasteiger partial charge in [0.15, 0.2) is 0 Å². The minimum absolute atomic E-state index is 0.418. The van der Waals surface area contributed by atoms with E-state index in [0.717, 1.165) is 28.4 Å². The number of halogens is 2. The first-order valence-corrected chi connectivity index (χ1v) is 8.95. The molecule has 0 aliphatic carbocycles. The van der Waals surface area contributed by atoms with Crippen LogP contribution < -0.4 is 5.32 Å². The first kappa shape index (κ1) is 16.8. The second-order valence-corrected chi connectivity index (χ2v) is 6.70. The Morgan fingerprint density at radius 2 is 1.65 bits per heavy atom. The van der Waals surface area contributed by atoms with Crippen LogP contribution in [0.25, 0.3) is 0 Å². The maximum atomic E-state index is 6.24. The summed E-state index contributed by atoms with van der Waals surface area (Å²) in [5, 5.41) is 4.65. The fourth-order valence-corrected chi connectivity index (χ4v) is 3.20. The normalized spacial score (nSPS) is 15.0. The molecule has 0 fully saturated rings. The smallest absolute Gasteiger partial charge is 0.128 e. The third kappa shape index (κ3) is 3.50. The van der Waals surface area contributed by atoms with E-state index in [1.54, 1.807) is 0 Å². The van der Waals surface area contributed by atoms with Crippen LogP contribution in [0.4, 0.5) is 11.4 Å². The molecule has 0 saturated carbocycles. The Bertz CT molecular complexity index is 1010. The highest BCUT2D eigenvalue weighted by atomic mass is 35.5. The van der Waals surface area contributed by atoms with Crippen molar-refractivity contribution < 1.29 is 0 Å². The molecule has 0 amide bonds. The number of amidine groups is 1. The zero-order valence-corrected chi connectivity index (χ0v) is 15.3. The number of anilines is 1. The Morgan fingerprint density at radius 1 is 0.885 bits per heavy atom. The molecule has 0 aromatic heterocycles. The Hall–Kier alpha value is -2.62. The highest BCUT2D eigenvalue weighted by molar-refractivity contribution is 6.33. The third-order valence-corrected chi connectivity index (χ3v) is 4.61. The van der Waals surface area contributed by atoms with E-state index in [-0.39, 0.29) is 0 Å². The van der Waals surface area contributed by atoms with E-state index < -0.39 is 0 Å². The second-order valence-electron chi connectivity index (χ2n) is 5.86. The number of aliphatic imine (C=N–C) groups is 2. The maximum Gasteiger partial charge on any atom is 0.128 e. The quantitative estimate of drug-likeness (QED) is 0.583. The SMILES string of the molecule is Clc1ccc2c(c1)C(c1ccccc1)=NCC(=Nc1ccccc1Cl)N2. The maximum absolute atomic E-state index is 6.24. The van der Waals surface area contributed by atoms with E-state index >= 15 is 0 Å². The van der Waals surface area contributed by atoms with Crippen LogP contribution in [0.15, 0.2) is 82.8 Å². The van der Waals surface area contributed by atoms with Crippen LogP contribution in [0.1, 0.15) is 11.1 Å². The highest BCUT2D eigenvalue weighted by Gasteiger charge is 2.17. The predicted molar refractivity (Wildman–Crippen MR) is 111 cm³/mol. The van der Waals surface area contributed by atoms with Crippen molar-refractivity contribution in [1.82, 2.24) is 0 Å². The van der Waals surface area contributed by atoms with Gasteiger partial charge in [-0.25, -0.2) is 4.99 Å². The number of fused-ring (bicyclic) bond motifs is 1. The fourth-order valence-electron chi connectivity index (χ4n) is 2.85. The molecule has 128 valence electrons. The summed E-state index contributed by atoms with van der Waals surface area (Å²) in [6, 6.07) is 23.3. The van der Waals surface area contributed by atoms with Gasteiger partial charge in [-0.15, -0.1) is 0 Å². The summed E-state index contributed by atoms with van der Waals surface area (Å²) in [5.41, 5.74) is 4.51. The Kier molecular flexibility index (Phi) is 4.74. The van der Waals surface area contributed by atoms with Crippen molar-refractivity contribution >= 4 is 46.1 Å². The van der Waals surface area contributed by atoms with Crippen molar-refractivity contribution in [3.05, 3.63) is 94.0 Å². The molecule has 4 rings (SSSR count). The fraction of sp³-hybridized carbons (Fsp3) is 0.0476. The van der Waals surface area contributed by atoms with E-state index in [2.05, 4.69) is 10.3 Å². The van der Waals surface area contributed by atoms with Crippen LogP contribution in [0.5, 0.6) is 0 Å². The molecule has 0 radical (unpaired) electrons. The molecule has 26 heavy (non-hydrogen) atoms. The van der Waals surface area contributed by atoms with E-state index in [1.807, 2.05) is 72.8 Å². The van der Waals surface area contributed by atoms with Gasteiger partial charge in [-0.05, 0) is 30.3 Å². The van der Waals surface area contributed by atoms with Gasteiger partial charge in [0.25, 0.3) is 0 Å². The van der Waals surface area contributed by atoms with E-state index in [9.17, 15) is 0 Å². The molecule has 0 saturated heterocycles. The Labute approximate surface area is 162 Å². The molecule has 0 atom stereocenters. The van der Waals surface area contributed by atoms with E-state index in [1.165, 1.54) is 0 Å². The molecule has 1 heterocycles. The summed E-state index contributed by atoms with van der Waals surface area (Å²) in [6.45, 7) is 0.418. The van der Waals surface area contributed by atoms with Crippen molar-refractivity contribution in [1.29, 1.82) is 0 Å². The summed E-state index contributed by atoms with van der Waals surface area (Å²) < 4.78 is 0. The third-order valence-electron chi connectivity index (χ3n) is 4.06. The minimum Gasteiger partial charge on any atom is -0.342 e. The molecule has 0 unspecified atom stereocenters. The number of rotatable bonds is 2. The molecule has 3 aromatic rings. The van der Waals surface area contributed by atoms with Crippen molar-refractivity contribution in [2.75, 3.05) is 11.9 Å². The lowest BCUT2D eigenvalue weighted by molar-refractivity contribution is 1.27. The summed E-state index contributed by atoms with van der Waals surface area (Å²) in [7, 11) is 0. The standard InChI is InChI=1S/C21H15Cl2N3/c22-15-10-11-18-16(12-15)21(14-6-2-1-3-7-14)24-13-20(25-18)26-19-9-5-4-8-17(19)23/h1-12H,13H2,(H,25,26). The largest absolute Gasteiger partial charge is 0.342 e. The van der Waals surface area contributed by atoms with Crippen molar-refractivity contribution in [3.8, 4) is 0 Å². The summed E-state index contributed by atoms with van der Waals surface area (Å²) >= 11 is 12.5. The zero-order chi connectivity index (χ0) is 17.9. The van der Waals surface area contributed by atoms with Gasteiger partial charge in [0.1, 0.15) is 5.84 Å². The van der Waals surface area contributed by atoms with Gasteiger partial charge in [-0.1, -0.05) is 65.7 Å². The van der Waals surface area contributed by atoms with Crippen molar-refractivity contribution in [2.45, 2.75) is 0 Å². The van der Waals surface area contributed by atoms with Crippen molar-refractivity contribution in [3.63, 3.8) is 0 Å². The molecule has 3 nitrogen and oxygen atoms in total. The summed E-state index contributed by atoms with van der Waals surface area (Å²) in [5.74, 6) is 0.729. The number of para-hydroxylation sites is 1. The van der Waals surface area contributed by atoms with E-state index in [0.29, 0.717) is 22.3 Å². The summed E-state index contributed by atoms with van der Waals surface area (Å²) in [6.07, 6.45) is 0. The van der Waals surface area contributed by atoms with Crippen LogP contribution in [0, 0.1) is 0 Å². The van der Waals surface area contributed by atoms with Gasteiger partial charge >= 0.3 is 0 Å². The molecule has 0 spiro atoms. The minimum atomic E-state index is 0.418. The van der Waals surface area contributed by atoms with Crippen LogP contribution in [-0.2, 0) is 0 Å². The molecule has 1 aliphatic heterocycles. The number of benzene rings is 3. The lowest BCUT2D eigenvalue weighted by atomic mass is 10.0. The van der Waals surface area contributed by atoms with Gasteiger partial charge < -0.3 is 5.32 Å². The van der Waals surface area contributed by atoms with Gasteiger partial charge in [-0.2, -0.15) is 0 Å². The number of hydrogen-bond acceptors (Lipinski definition) is 2. The predicted octanol–water partition coefficient (Wildman–Crippen LogP) is 5.99. The topological polar surface area (TPSA) is 36.8 Å². The second kappa shape index (κ2) is 7.32. The van der Waals surface area contributed by atoms with Crippen LogP contribution in [0.3, 0.4) is 0 Å². The highest BCUT2D eigenvalue weighted by Crippen LogP contribution is 2.28. The van der Waals surface area contributed by atoms with E-state index in [4.69, 9.17) is 28.2 Å². The van der Waals surface area contributed by atoms with Crippen LogP contribution >= 0.6 is 23.2 Å².